The zero-order valence-electron chi connectivity index (χ0n) is 14.8. The van der Waals surface area contributed by atoms with Crippen LogP contribution < -0.4 is 10.1 Å². The van der Waals surface area contributed by atoms with Gasteiger partial charge in [-0.25, -0.2) is 0 Å². The van der Waals surface area contributed by atoms with Crippen molar-refractivity contribution in [1.82, 2.24) is 15.5 Å². The van der Waals surface area contributed by atoms with Gasteiger partial charge in [0.15, 0.2) is 6.61 Å². The Morgan fingerprint density at radius 1 is 1.04 bits per heavy atom. The number of ether oxygens (including phenoxy) is 1. The third kappa shape index (κ3) is 4.04. The van der Waals surface area contributed by atoms with Crippen molar-refractivity contribution in [2.75, 3.05) is 6.61 Å². The summed E-state index contributed by atoms with van der Waals surface area (Å²) in [6.45, 7) is 0.0253. The molecule has 140 valence electrons. The van der Waals surface area contributed by atoms with Crippen molar-refractivity contribution < 1.29 is 14.1 Å². The van der Waals surface area contributed by atoms with E-state index in [9.17, 15) is 4.79 Å². The maximum atomic E-state index is 12.1. The van der Waals surface area contributed by atoms with Crippen LogP contribution in [0.25, 0.3) is 22.2 Å². The van der Waals surface area contributed by atoms with Crippen LogP contribution in [0.3, 0.4) is 0 Å². The number of fused-ring (bicyclic) bond motifs is 1. The molecular formula is C21H16BrN3O3. The number of aromatic nitrogens is 2. The van der Waals surface area contributed by atoms with E-state index in [1.165, 1.54) is 0 Å². The van der Waals surface area contributed by atoms with Crippen molar-refractivity contribution in [2.24, 2.45) is 0 Å². The number of benzene rings is 3. The molecule has 0 saturated carbocycles. The molecule has 0 fully saturated rings. The van der Waals surface area contributed by atoms with Gasteiger partial charge in [0.1, 0.15) is 5.75 Å². The maximum Gasteiger partial charge on any atom is 0.258 e. The fourth-order valence-corrected chi connectivity index (χ4v) is 3.33. The predicted molar refractivity (Wildman–Crippen MR) is 109 cm³/mol. The Morgan fingerprint density at radius 2 is 1.82 bits per heavy atom. The maximum absolute atomic E-state index is 12.1. The second kappa shape index (κ2) is 8.22. The first-order chi connectivity index (χ1) is 13.7. The highest BCUT2D eigenvalue weighted by molar-refractivity contribution is 9.10. The lowest BCUT2D eigenvalue weighted by atomic mass is 10.1. The first-order valence-electron chi connectivity index (χ1n) is 8.65. The molecule has 4 aromatic rings. The molecule has 4 rings (SSSR count). The van der Waals surface area contributed by atoms with Crippen LogP contribution in [0, 0.1) is 0 Å². The summed E-state index contributed by atoms with van der Waals surface area (Å²) in [5, 5.41) is 8.76. The molecule has 0 atom stereocenters. The minimum atomic E-state index is -0.278. The Kier molecular flexibility index (Phi) is 5.34. The average molecular weight is 438 g/mol. The highest BCUT2D eigenvalue weighted by Crippen LogP contribution is 2.32. The lowest BCUT2D eigenvalue weighted by Crippen LogP contribution is -2.28. The zero-order valence-corrected chi connectivity index (χ0v) is 16.3. The Morgan fingerprint density at radius 3 is 2.68 bits per heavy atom. The molecule has 0 unspecified atom stereocenters. The van der Waals surface area contributed by atoms with Crippen molar-refractivity contribution in [3.05, 3.63) is 77.1 Å². The van der Waals surface area contributed by atoms with Gasteiger partial charge in [0.2, 0.25) is 11.7 Å². The summed E-state index contributed by atoms with van der Waals surface area (Å²) in [6, 6.07) is 21.2. The third-order valence-electron chi connectivity index (χ3n) is 4.12. The number of nitrogens with one attached hydrogen (secondary N) is 1. The molecule has 3 aromatic carbocycles. The Balaban J connectivity index is 1.33. The Hall–Kier alpha value is -3.19. The van der Waals surface area contributed by atoms with E-state index in [2.05, 4.69) is 31.4 Å². The van der Waals surface area contributed by atoms with E-state index in [0.717, 1.165) is 20.8 Å². The van der Waals surface area contributed by atoms with Gasteiger partial charge < -0.3 is 14.6 Å². The zero-order chi connectivity index (χ0) is 19.3. The van der Waals surface area contributed by atoms with Gasteiger partial charge in [-0.05, 0) is 32.8 Å². The Bertz CT molecular complexity index is 1110. The van der Waals surface area contributed by atoms with Crippen LogP contribution in [0.1, 0.15) is 5.89 Å². The standard InChI is InChI=1S/C21H16BrN3O3/c22-20-16-9-5-4-6-14(16)10-11-17(20)27-13-18(26)23-12-19-24-21(25-28-19)15-7-2-1-3-8-15/h1-11H,12-13H2,(H,23,26). The van der Waals surface area contributed by atoms with Crippen LogP contribution in [0.4, 0.5) is 0 Å². The number of nitrogens with zero attached hydrogens (tertiary/aromatic N) is 2. The predicted octanol–water partition coefficient (Wildman–Crippen LogP) is 4.35. The van der Waals surface area contributed by atoms with Gasteiger partial charge in [0.25, 0.3) is 5.91 Å². The molecule has 0 aliphatic carbocycles. The molecular weight excluding hydrogens is 422 g/mol. The molecule has 0 bridgehead atoms. The smallest absolute Gasteiger partial charge is 0.258 e. The fraction of sp³-hybridized carbons (Fsp3) is 0.0952. The summed E-state index contributed by atoms with van der Waals surface area (Å²) >= 11 is 3.54. The Labute approximate surface area is 169 Å². The average Bonchev–Trinajstić information content (AvgIpc) is 3.22. The van der Waals surface area contributed by atoms with Gasteiger partial charge in [0, 0.05) is 5.56 Å². The number of hydrogen-bond acceptors (Lipinski definition) is 5. The van der Waals surface area contributed by atoms with Crippen LogP contribution in [-0.4, -0.2) is 22.7 Å². The fourth-order valence-electron chi connectivity index (χ4n) is 2.72. The van der Waals surface area contributed by atoms with E-state index >= 15 is 0 Å². The monoisotopic (exact) mass is 437 g/mol. The first kappa shape index (κ1) is 18.2. The highest BCUT2D eigenvalue weighted by Gasteiger charge is 2.11. The van der Waals surface area contributed by atoms with Gasteiger partial charge in [-0.15, -0.1) is 0 Å². The second-order valence-electron chi connectivity index (χ2n) is 6.04. The van der Waals surface area contributed by atoms with Gasteiger partial charge >= 0.3 is 0 Å². The topological polar surface area (TPSA) is 77.2 Å². The molecule has 1 heterocycles. The summed E-state index contributed by atoms with van der Waals surface area (Å²) in [7, 11) is 0. The minimum absolute atomic E-state index is 0.114. The molecule has 6 nitrogen and oxygen atoms in total. The molecule has 1 aromatic heterocycles. The molecule has 0 aliphatic heterocycles. The van der Waals surface area contributed by atoms with Gasteiger partial charge in [-0.3, -0.25) is 4.79 Å². The second-order valence-corrected chi connectivity index (χ2v) is 6.83. The summed E-state index contributed by atoms with van der Waals surface area (Å²) < 4.78 is 11.6. The van der Waals surface area contributed by atoms with E-state index in [1.807, 2.05) is 66.7 Å². The van der Waals surface area contributed by atoms with Crippen LogP contribution >= 0.6 is 15.9 Å². The van der Waals surface area contributed by atoms with E-state index in [1.54, 1.807) is 0 Å². The van der Waals surface area contributed by atoms with Crippen LogP contribution in [0.2, 0.25) is 0 Å². The third-order valence-corrected chi connectivity index (χ3v) is 4.94. The number of hydrogen-bond donors (Lipinski definition) is 1. The lowest BCUT2D eigenvalue weighted by molar-refractivity contribution is -0.123. The summed E-state index contributed by atoms with van der Waals surface area (Å²) in [4.78, 5) is 16.4. The first-order valence-corrected chi connectivity index (χ1v) is 9.45. The number of rotatable bonds is 6. The molecule has 1 amide bonds. The molecule has 0 radical (unpaired) electrons. The van der Waals surface area contributed by atoms with Gasteiger partial charge in [-0.1, -0.05) is 65.8 Å². The molecule has 0 aliphatic rings. The largest absolute Gasteiger partial charge is 0.483 e. The number of carbonyl (C=O) groups excluding carboxylic acids is 1. The van der Waals surface area contributed by atoms with Crippen molar-refractivity contribution >= 4 is 32.6 Å². The summed E-state index contributed by atoms with van der Waals surface area (Å²) in [5.41, 5.74) is 0.855. The van der Waals surface area contributed by atoms with Crippen molar-refractivity contribution in [3.63, 3.8) is 0 Å². The quantitative estimate of drug-likeness (QED) is 0.485. The van der Waals surface area contributed by atoms with Gasteiger partial charge in [0.05, 0.1) is 11.0 Å². The van der Waals surface area contributed by atoms with Crippen LogP contribution in [0.5, 0.6) is 5.75 Å². The number of halogens is 1. The van der Waals surface area contributed by atoms with Crippen LogP contribution in [-0.2, 0) is 11.3 Å². The molecule has 1 N–H and O–H groups in total. The van der Waals surface area contributed by atoms with E-state index < -0.39 is 0 Å². The minimum Gasteiger partial charge on any atom is -0.483 e. The summed E-state index contributed by atoms with van der Waals surface area (Å²) in [6.07, 6.45) is 0. The van der Waals surface area contributed by atoms with E-state index in [0.29, 0.717) is 17.5 Å². The lowest BCUT2D eigenvalue weighted by Gasteiger charge is -2.10. The highest BCUT2D eigenvalue weighted by atomic mass is 79.9. The van der Waals surface area contributed by atoms with Gasteiger partial charge in [-0.2, -0.15) is 4.98 Å². The normalized spacial score (nSPS) is 10.8. The van der Waals surface area contributed by atoms with Crippen molar-refractivity contribution in [1.29, 1.82) is 0 Å². The number of amides is 1. The summed E-state index contributed by atoms with van der Waals surface area (Å²) in [5.74, 6) is 1.15. The van der Waals surface area contributed by atoms with E-state index in [4.69, 9.17) is 9.26 Å². The molecule has 7 heteroatoms. The molecule has 0 spiro atoms. The van der Waals surface area contributed by atoms with Crippen LogP contribution in [0.15, 0.2) is 75.7 Å². The molecule has 28 heavy (non-hydrogen) atoms. The van der Waals surface area contributed by atoms with E-state index in [-0.39, 0.29) is 19.1 Å². The molecule has 0 saturated heterocycles. The van der Waals surface area contributed by atoms with Crippen molar-refractivity contribution in [3.8, 4) is 17.1 Å². The number of carbonyl (C=O) groups is 1. The SMILES string of the molecule is O=C(COc1ccc2ccccc2c1Br)NCc1nc(-c2ccccc2)no1. The van der Waals surface area contributed by atoms with Crippen molar-refractivity contribution in [2.45, 2.75) is 6.54 Å².